The molecule has 1 atom stereocenters. The van der Waals surface area contributed by atoms with Crippen LogP contribution in [0.5, 0.6) is 5.75 Å². The van der Waals surface area contributed by atoms with Crippen LogP contribution in [0.2, 0.25) is 0 Å². The van der Waals surface area contributed by atoms with Gasteiger partial charge in [-0.25, -0.2) is 13.1 Å². The number of sulfonamides is 1. The lowest BCUT2D eigenvalue weighted by atomic mass is 10.1. The fourth-order valence-corrected chi connectivity index (χ4v) is 3.94. The van der Waals surface area contributed by atoms with Gasteiger partial charge in [-0.05, 0) is 36.6 Å². The quantitative estimate of drug-likeness (QED) is 0.843. The van der Waals surface area contributed by atoms with Gasteiger partial charge in [-0.1, -0.05) is 48.9 Å². The Balaban J connectivity index is 2.12. The molecular formula is C18H23NO3S. The topological polar surface area (TPSA) is 55.4 Å². The van der Waals surface area contributed by atoms with Crippen LogP contribution in [0.15, 0.2) is 48.5 Å². The lowest BCUT2D eigenvalue weighted by Crippen LogP contribution is -2.29. The lowest BCUT2D eigenvalue weighted by Gasteiger charge is -2.18. The molecule has 0 amide bonds. The molecule has 0 spiro atoms. The normalized spacial score (nSPS) is 12.8. The van der Waals surface area contributed by atoms with E-state index in [1.807, 2.05) is 62.4 Å². The van der Waals surface area contributed by atoms with E-state index in [4.69, 9.17) is 4.74 Å². The van der Waals surface area contributed by atoms with Crippen molar-refractivity contribution in [1.29, 1.82) is 0 Å². The third kappa shape index (κ3) is 5.08. The van der Waals surface area contributed by atoms with Gasteiger partial charge in [-0.15, -0.1) is 0 Å². The first-order valence-corrected chi connectivity index (χ1v) is 9.28. The summed E-state index contributed by atoms with van der Waals surface area (Å²) >= 11 is 0. The van der Waals surface area contributed by atoms with Gasteiger partial charge >= 0.3 is 0 Å². The molecule has 1 N–H and O–H groups in total. The van der Waals surface area contributed by atoms with E-state index in [2.05, 4.69) is 4.72 Å². The van der Waals surface area contributed by atoms with Crippen LogP contribution in [0.3, 0.4) is 0 Å². The maximum atomic E-state index is 12.4. The number of hydrogen-bond donors (Lipinski definition) is 1. The Morgan fingerprint density at radius 1 is 1.13 bits per heavy atom. The standard InChI is InChI=1S/C18H23NO3S/c1-4-18(16-8-10-17(22-3)11-9-16)19-23(20,21)13-15-7-5-6-14(2)12-15/h5-12,18-19H,4,13H2,1-3H3/t18-/m0/s1. The average molecular weight is 333 g/mol. The Morgan fingerprint density at radius 3 is 2.39 bits per heavy atom. The maximum Gasteiger partial charge on any atom is 0.216 e. The van der Waals surface area contributed by atoms with E-state index >= 15 is 0 Å². The van der Waals surface area contributed by atoms with Crippen LogP contribution in [0, 0.1) is 6.92 Å². The number of benzene rings is 2. The second-order valence-corrected chi connectivity index (χ2v) is 7.35. The molecule has 0 aliphatic carbocycles. The summed E-state index contributed by atoms with van der Waals surface area (Å²) in [7, 11) is -1.80. The molecule has 23 heavy (non-hydrogen) atoms. The predicted molar refractivity (Wildman–Crippen MR) is 93.0 cm³/mol. The molecule has 4 nitrogen and oxygen atoms in total. The van der Waals surface area contributed by atoms with Crippen molar-refractivity contribution >= 4 is 10.0 Å². The van der Waals surface area contributed by atoms with E-state index in [-0.39, 0.29) is 11.8 Å². The Bertz CT molecular complexity index is 739. The van der Waals surface area contributed by atoms with E-state index in [9.17, 15) is 8.42 Å². The number of ether oxygens (including phenoxy) is 1. The van der Waals surface area contributed by atoms with Gasteiger partial charge in [0, 0.05) is 6.04 Å². The summed E-state index contributed by atoms with van der Waals surface area (Å²) < 4.78 is 32.8. The minimum Gasteiger partial charge on any atom is -0.497 e. The van der Waals surface area contributed by atoms with Crippen molar-refractivity contribution in [3.05, 3.63) is 65.2 Å². The Hall–Kier alpha value is -1.85. The van der Waals surface area contributed by atoms with Crippen LogP contribution >= 0.6 is 0 Å². The first-order valence-electron chi connectivity index (χ1n) is 7.63. The largest absolute Gasteiger partial charge is 0.497 e. The van der Waals surface area contributed by atoms with Gasteiger partial charge < -0.3 is 4.74 Å². The summed E-state index contributed by atoms with van der Waals surface area (Å²) in [5.74, 6) is 0.743. The fraction of sp³-hybridized carbons (Fsp3) is 0.333. The van der Waals surface area contributed by atoms with Crippen LogP contribution in [0.1, 0.15) is 36.1 Å². The zero-order chi connectivity index (χ0) is 16.9. The van der Waals surface area contributed by atoms with E-state index in [0.717, 1.165) is 22.4 Å². The first kappa shape index (κ1) is 17.5. The molecule has 124 valence electrons. The number of hydrogen-bond acceptors (Lipinski definition) is 3. The number of aryl methyl sites for hydroxylation is 1. The van der Waals surface area contributed by atoms with Gasteiger partial charge in [-0.3, -0.25) is 0 Å². The highest BCUT2D eigenvalue weighted by Crippen LogP contribution is 2.21. The molecule has 2 aromatic carbocycles. The minimum absolute atomic E-state index is 0.0126. The molecule has 0 unspecified atom stereocenters. The highest BCUT2D eigenvalue weighted by atomic mass is 32.2. The highest BCUT2D eigenvalue weighted by Gasteiger charge is 2.18. The first-order chi connectivity index (χ1) is 10.9. The third-order valence-electron chi connectivity index (χ3n) is 3.69. The molecule has 2 aromatic rings. The third-order valence-corrected chi connectivity index (χ3v) is 5.04. The summed E-state index contributed by atoms with van der Waals surface area (Å²) in [4.78, 5) is 0. The summed E-state index contributed by atoms with van der Waals surface area (Å²) in [5.41, 5.74) is 2.78. The SMILES string of the molecule is CC[C@H](NS(=O)(=O)Cc1cccc(C)c1)c1ccc(OC)cc1. The number of nitrogens with one attached hydrogen (secondary N) is 1. The molecule has 0 fully saturated rings. The Labute approximate surface area is 138 Å². The smallest absolute Gasteiger partial charge is 0.216 e. The average Bonchev–Trinajstić information content (AvgIpc) is 2.52. The molecule has 0 aliphatic heterocycles. The molecule has 5 heteroatoms. The number of methoxy groups -OCH3 is 1. The second kappa shape index (κ2) is 7.62. The van der Waals surface area contributed by atoms with Crippen LogP contribution < -0.4 is 9.46 Å². The summed E-state index contributed by atoms with van der Waals surface area (Å²) in [6, 6.07) is 14.8. The molecule has 0 saturated heterocycles. The summed E-state index contributed by atoms with van der Waals surface area (Å²) in [6.45, 7) is 3.92. The van der Waals surface area contributed by atoms with Crippen LogP contribution in [0.4, 0.5) is 0 Å². The molecular weight excluding hydrogens is 310 g/mol. The summed E-state index contributed by atoms with van der Waals surface area (Å²) in [5, 5.41) is 0. The van der Waals surface area contributed by atoms with E-state index in [0.29, 0.717) is 6.42 Å². The Morgan fingerprint density at radius 2 is 1.83 bits per heavy atom. The molecule has 0 aliphatic rings. The Kier molecular flexibility index (Phi) is 5.80. The lowest BCUT2D eigenvalue weighted by molar-refractivity contribution is 0.414. The highest BCUT2D eigenvalue weighted by molar-refractivity contribution is 7.88. The van der Waals surface area contributed by atoms with Crippen molar-refractivity contribution in [1.82, 2.24) is 4.72 Å². The molecule has 0 aromatic heterocycles. The van der Waals surface area contributed by atoms with Gasteiger partial charge in [0.25, 0.3) is 0 Å². The van der Waals surface area contributed by atoms with Gasteiger partial charge in [0.05, 0.1) is 12.9 Å². The van der Waals surface area contributed by atoms with Crippen LogP contribution in [-0.2, 0) is 15.8 Å². The van der Waals surface area contributed by atoms with E-state index < -0.39 is 10.0 Å². The van der Waals surface area contributed by atoms with E-state index in [1.165, 1.54) is 0 Å². The molecule has 0 bridgehead atoms. The molecule has 2 rings (SSSR count). The van der Waals surface area contributed by atoms with Crippen LogP contribution in [-0.4, -0.2) is 15.5 Å². The molecule has 0 heterocycles. The fourth-order valence-electron chi connectivity index (χ4n) is 2.50. The second-order valence-electron chi connectivity index (χ2n) is 5.60. The van der Waals surface area contributed by atoms with Crippen molar-refractivity contribution in [3.63, 3.8) is 0 Å². The summed E-state index contributed by atoms with van der Waals surface area (Å²) in [6.07, 6.45) is 0.680. The van der Waals surface area contributed by atoms with Crippen LogP contribution in [0.25, 0.3) is 0 Å². The molecule has 0 radical (unpaired) electrons. The zero-order valence-electron chi connectivity index (χ0n) is 13.7. The van der Waals surface area contributed by atoms with E-state index in [1.54, 1.807) is 7.11 Å². The number of rotatable bonds is 7. The minimum atomic E-state index is -3.41. The van der Waals surface area contributed by atoms with Crippen molar-refractivity contribution in [3.8, 4) is 5.75 Å². The van der Waals surface area contributed by atoms with Crippen molar-refractivity contribution in [2.75, 3.05) is 7.11 Å². The van der Waals surface area contributed by atoms with Crippen molar-refractivity contribution in [2.24, 2.45) is 0 Å². The zero-order valence-corrected chi connectivity index (χ0v) is 14.6. The van der Waals surface area contributed by atoms with Gasteiger partial charge in [-0.2, -0.15) is 0 Å². The van der Waals surface area contributed by atoms with Crippen molar-refractivity contribution < 1.29 is 13.2 Å². The van der Waals surface area contributed by atoms with Gasteiger partial charge in [0.1, 0.15) is 5.75 Å². The van der Waals surface area contributed by atoms with Gasteiger partial charge in [0.15, 0.2) is 0 Å². The molecule has 0 saturated carbocycles. The van der Waals surface area contributed by atoms with Gasteiger partial charge in [0.2, 0.25) is 10.0 Å². The predicted octanol–water partition coefficient (Wildman–Crippen LogP) is 3.57. The van der Waals surface area contributed by atoms with Crippen molar-refractivity contribution in [2.45, 2.75) is 32.1 Å². The maximum absolute atomic E-state index is 12.4. The monoisotopic (exact) mass is 333 g/mol.